The van der Waals surface area contributed by atoms with Gasteiger partial charge in [0.05, 0.1) is 11.5 Å². The highest BCUT2D eigenvalue weighted by Crippen LogP contribution is 2.24. The third-order valence-electron chi connectivity index (χ3n) is 3.41. The summed E-state index contributed by atoms with van der Waals surface area (Å²) in [5.41, 5.74) is -0.261. The van der Waals surface area contributed by atoms with E-state index in [1.165, 1.54) is 0 Å². The summed E-state index contributed by atoms with van der Waals surface area (Å²) >= 11 is 0. The zero-order valence-electron chi connectivity index (χ0n) is 11.0. The lowest BCUT2D eigenvalue weighted by molar-refractivity contribution is -0.129. The van der Waals surface area contributed by atoms with Gasteiger partial charge in [0.15, 0.2) is 0 Å². The summed E-state index contributed by atoms with van der Waals surface area (Å²) in [5.74, 6) is 0.356. The monoisotopic (exact) mass is 264 g/mol. The van der Waals surface area contributed by atoms with E-state index in [9.17, 15) is 9.90 Å². The third kappa shape index (κ3) is 4.82. The molecule has 5 heteroatoms. The van der Waals surface area contributed by atoms with E-state index in [2.05, 4.69) is 10.6 Å². The maximum atomic E-state index is 11.9. The molecule has 1 aliphatic heterocycles. The van der Waals surface area contributed by atoms with Gasteiger partial charge in [0.2, 0.25) is 5.91 Å². The molecule has 0 aliphatic carbocycles. The van der Waals surface area contributed by atoms with E-state index in [-0.39, 0.29) is 35.8 Å². The number of carbonyl (C=O) groups excluding carboxylic acids is 1. The minimum Gasteiger partial charge on any atom is -0.393 e. The van der Waals surface area contributed by atoms with Gasteiger partial charge in [-0.2, -0.15) is 0 Å². The number of aliphatic hydroxyl groups is 1. The maximum absolute atomic E-state index is 11.9. The molecule has 1 rings (SSSR count). The van der Waals surface area contributed by atoms with Crippen LogP contribution in [0.4, 0.5) is 0 Å². The Morgan fingerprint density at radius 1 is 1.53 bits per heavy atom. The topological polar surface area (TPSA) is 61.4 Å². The molecule has 1 heterocycles. The van der Waals surface area contributed by atoms with Crippen LogP contribution in [0.2, 0.25) is 0 Å². The Labute approximate surface area is 110 Å². The first kappa shape index (κ1) is 16.7. The average Bonchev–Trinajstić information content (AvgIpc) is 2.66. The molecule has 1 fully saturated rings. The van der Waals surface area contributed by atoms with Crippen LogP contribution in [0, 0.1) is 11.3 Å². The first-order chi connectivity index (χ1) is 7.46. The minimum atomic E-state index is -0.324. The van der Waals surface area contributed by atoms with Crippen LogP contribution >= 0.6 is 12.4 Å². The normalized spacial score (nSPS) is 25.5. The fourth-order valence-electron chi connectivity index (χ4n) is 1.89. The first-order valence-corrected chi connectivity index (χ1v) is 6.13. The van der Waals surface area contributed by atoms with E-state index in [0.717, 1.165) is 19.5 Å². The molecular formula is C12H25ClN2O2. The van der Waals surface area contributed by atoms with Crippen LogP contribution in [-0.4, -0.2) is 36.8 Å². The summed E-state index contributed by atoms with van der Waals surface area (Å²) in [6.45, 7) is 8.18. The summed E-state index contributed by atoms with van der Waals surface area (Å²) in [5, 5.41) is 15.7. The van der Waals surface area contributed by atoms with Gasteiger partial charge in [0.1, 0.15) is 0 Å². The van der Waals surface area contributed by atoms with E-state index in [0.29, 0.717) is 13.0 Å². The van der Waals surface area contributed by atoms with Crippen molar-refractivity contribution in [3.63, 3.8) is 0 Å². The lowest BCUT2D eigenvalue weighted by Gasteiger charge is -2.22. The van der Waals surface area contributed by atoms with Crippen LogP contribution in [0.15, 0.2) is 0 Å². The molecule has 2 unspecified atom stereocenters. The predicted octanol–water partition coefficient (Wildman–Crippen LogP) is 0.931. The largest absolute Gasteiger partial charge is 0.393 e. The smallest absolute Gasteiger partial charge is 0.227 e. The van der Waals surface area contributed by atoms with Crippen LogP contribution in [-0.2, 0) is 4.79 Å². The second kappa shape index (κ2) is 7.19. The summed E-state index contributed by atoms with van der Waals surface area (Å²) < 4.78 is 0. The Balaban J connectivity index is 0.00000256. The van der Waals surface area contributed by atoms with Crippen molar-refractivity contribution in [2.75, 3.05) is 19.6 Å². The van der Waals surface area contributed by atoms with Crippen molar-refractivity contribution in [3.8, 4) is 0 Å². The molecule has 0 aromatic heterocycles. The van der Waals surface area contributed by atoms with Crippen LogP contribution in [0.3, 0.4) is 0 Å². The Morgan fingerprint density at radius 2 is 2.18 bits per heavy atom. The van der Waals surface area contributed by atoms with E-state index in [4.69, 9.17) is 0 Å². The lowest BCUT2D eigenvalue weighted by Crippen LogP contribution is -2.41. The van der Waals surface area contributed by atoms with E-state index in [1.807, 2.05) is 20.8 Å². The molecule has 17 heavy (non-hydrogen) atoms. The van der Waals surface area contributed by atoms with Gasteiger partial charge >= 0.3 is 0 Å². The molecule has 0 radical (unpaired) electrons. The first-order valence-electron chi connectivity index (χ1n) is 6.13. The zero-order valence-corrected chi connectivity index (χ0v) is 11.8. The highest BCUT2D eigenvalue weighted by atomic mass is 35.5. The summed E-state index contributed by atoms with van der Waals surface area (Å²) in [4.78, 5) is 11.9. The Hall–Kier alpha value is -0.320. The molecule has 0 aromatic rings. The second-order valence-corrected chi connectivity index (χ2v) is 5.34. The van der Waals surface area contributed by atoms with Crippen molar-refractivity contribution in [1.82, 2.24) is 10.6 Å². The predicted molar refractivity (Wildman–Crippen MR) is 71.3 cm³/mol. The van der Waals surface area contributed by atoms with Gasteiger partial charge in [0.25, 0.3) is 0 Å². The van der Waals surface area contributed by atoms with Crippen molar-refractivity contribution >= 4 is 18.3 Å². The molecule has 1 amide bonds. The Morgan fingerprint density at radius 3 is 2.65 bits per heavy atom. The average molecular weight is 265 g/mol. The molecule has 1 aliphatic rings. The second-order valence-electron chi connectivity index (χ2n) is 5.34. The summed E-state index contributed by atoms with van der Waals surface area (Å²) in [6.07, 6.45) is 1.20. The number of rotatable bonds is 5. The molecule has 0 spiro atoms. The lowest BCUT2D eigenvalue weighted by atomic mass is 9.89. The Kier molecular flexibility index (Phi) is 7.05. The van der Waals surface area contributed by atoms with E-state index < -0.39 is 0 Å². The number of carbonyl (C=O) groups is 1. The number of nitrogens with one attached hydrogen (secondary N) is 2. The zero-order chi connectivity index (χ0) is 12.2. The maximum Gasteiger partial charge on any atom is 0.227 e. The van der Waals surface area contributed by atoms with Gasteiger partial charge in [-0.05, 0) is 32.2 Å². The van der Waals surface area contributed by atoms with Crippen molar-refractivity contribution < 1.29 is 9.90 Å². The minimum absolute atomic E-state index is 0. The highest BCUT2D eigenvalue weighted by molar-refractivity contribution is 5.85. The molecular weight excluding hydrogens is 240 g/mol. The van der Waals surface area contributed by atoms with Gasteiger partial charge in [-0.1, -0.05) is 13.8 Å². The Bertz CT molecular complexity index is 241. The SMILES string of the molecule is CC(C)C(O)CCNC(=O)C1(C)CCNC1.Cl. The van der Waals surface area contributed by atoms with Crippen LogP contribution < -0.4 is 10.6 Å². The number of hydrogen-bond donors (Lipinski definition) is 3. The third-order valence-corrected chi connectivity index (χ3v) is 3.41. The van der Waals surface area contributed by atoms with E-state index >= 15 is 0 Å². The van der Waals surface area contributed by atoms with Crippen LogP contribution in [0.25, 0.3) is 0 Å². The fourth-order valence-corrected chi connectivity index (χ4v) is 1.89. The number of amides is 1. The van der Waals surface area contributed by atoms with Crippen molar-refractivity contribution in [2.24, 2.45) is 11.3 Å². The van der Waals surface area contributed by atoms with Gasteiger partial charge < -0.3 is 15.7 Å². The van der Waals surface area contributed by atoms with Crippen molar-refractivity contribution in [2.45, 2.75) is 39.7 Å². The number of halogens is 1. The summed E-state index contributed by atoms with van der Waals surface area (Å²) in [7, 11) is 0. The molecule has 4 nitrogen and oxygen atoms in total. The molecule has 0 saturated carbocycles. The van der Waals surface area contributed by atoms with E-state index in [1.54, 1.807) is 0 Å². The quantitative estimate of drug-likeness (QED) is 0.692. The molecule has 0 bridgehead atoms. The molecule has 102 valence electrons. The molecule has 0 aromatic carbocycles. The van der Waals surface area contributed by atoms with Gasteiger partial charge in [-0.3, -0.25) is 4.79 Å². The molecule has 3 N–H and O–H groups in total. The molecule has 2 atom stereocenters. The standard InChI is InChI=1S/C12H24N2O2.ClH/c1-9(2)10(15)4-6-14-11(16)12(3)5-7-13-8-12;/h9-10,13,15H,4-8H2,1-3H3,(H,14,16);1H. The van der Waals surface area contributed by atoms with Crippen LogP contribution in [0.5, 0.6) is 0 Å². The number of hydrogen-bond acceptors (Lipinski definition) is 3. The van der Waals surface area contributed by atoms with Gasteiger partial charge in [-0.15, -0.1) is 12.4 Å². The van der Waals surface area contributed by atoms with Gasteiger partial charge in [-0.25, -0.2) is 0 Å². The van der Waals surface area contributed by atoms with Crippen molar-refractivity contribution in [1.29, 1.82) is 0 Å². The van der Waals surface area contributed by atoms with Crippen molar-refractivity contribution in [3.05, 3.63) is 0 Å². The summed E-state index contributed by atoms with van der Waals surface area (Å²) in [6, 6.07) is 0. The molecule has 1 saturated heterocycles. The van der Waals surface area contributed by atoms with Crippen LogP contribution in [0.1, 0.15) is 33.6 Å². The fraction of sp³-hybridized carbons (Fsp3) is 0.917. The highest BCUT2D eigenvalue weighted by Gasteiger charge is 2.35. The number of aliphatic hydroxyl groups excluding tert-OH is 1. The van der Waals surface area contributed by atoms with Gasteiger partial charge in [0, 0.05) is 13.1 Å².